The van der Waals surface area contributed by atoms with Crippen LogP contribution in [0.1, 0.15) is 11.1 Å². The van der Waals surface area contributed by atoms with Crippen LogP contribution in [0.5, 0.6) is 0 Å². The van der Waals surface area contributed by atoms with Gasteiger partial charge in [-0.15, -0.1) is 0 Å². The van der Waals surface area contributed by atoms with Crippen molar-refractivity contribution >= 4 is 17.6 Å². The Morgan fingerprint density at radius 1 is 1.29 bits per heavy atom. The number of benzene rings is 1. The highest BCUT2D eigenvalue weighted by Gasteiger charge is 2.01. The zero-order valence-corrected chi connectivity index (χ0v) is 9.76. The van der Waals surface area contributed by atoms with E-state index in [1.165, 1.54) is 0 Å². The molecule has 0 atom stereocenters. The van der Waals surface area contributed by atoms with E-state index in [1.54, 1.807) is 17.1 Å². The van der Waals surface area contributed by atoms with Crippen molar-refractivity contribution in [2.75, 3.05) is 0 Å². The van der Waals surface area contributed by atoms with Gasteiger partial charge in [0.25, 0.3) is 0 Å². The van der Waals surface area contributed by atoms with Crippen molar-refractivity contribution in [2.24, 2.45) is 0 Å². The molecule has 1 N–H and O–H groups in total. The highest BCUT2D eigenvalue weighted by Crippen LogP contribution is 2.09. The lowest BCUT2D eigenvalue weighted by molar-refractivity contribution is -0.136. The number of nitrogens with zero attached hydrogens (tertiary/aromatic N) is 2. The molecule has 0 saturated carbocycles. The number of carboxylic acids is 1. The highest BCUT2D eigenvalue weighted by molar-refractivity contribution is 6.30. The summed E-state index contributed by atoms with van der Waals surface area (Å²) in [6, 6.07) is 7.42. The SMILES string of the molecule is O=C(O)Cc1ccc(Cn2cc(Cl)cn2)cc1. The smallest absolute Gasteiger partial charge is 0.307 e. The van der Waals surface area contributed by atoms with Gasteiger partial charge in [-0.3, -0.25) is 9.48 Å². The number of rotatable bonds is 4. The molecule has 0 aliphatic heterocycles. The number of hydrogen-bond acceptors (Lipinski definition) is 2. The molecule has 0 aliphatic rings. The molecule has 2 rings (SSSR count). The third kappa shape index (κ3) is 3.32. The van der Waals surface area contributed by atoms with E-state index in [0.717, 1.165) is 11.1 Å². The van der Waals surface area contributed by atoms with Crippen LogP contribution in [-0.4, -0.2) is 20.9 Å². The topological polar surface area (TPSA) is 55.1 Å². The van der Waals surface area contributed by atoms with Gasteiger partial charge in [0.15, 0.2) is 0 Å². The van der Waals surface area contributed by atoms with E-state index in [0.29, 0.717) is 11.6 Å². The molecule has 1 aromatic heterocycles. The Balaban J connectivity index is 2.05. The minimum absolute atomic E-state index is 0.0495. The van der Waals surface area contributed by atoms with Gasteiger partial charge in [0, 0.05) is 6.20 Å². The third-order valence-electron chi connectivity index (χ3n) is 2.32. The lowest BCUT2D eigenvalue weighted by atomic mass is 10.1. The molecule has 1 heterocycles. The Labute approximate surface area is 103 Å². The van der Waals surface area contributed by atoms with Crippen molar-refractivity contribution in [3.05, 3.63) is 52.8 Å². The molecule has 2 aromatic rings. The third-order valence-corrected chi connectivity index (χ3v) is 2.52. The van der Waals surface area contributed by atoms with E-state index in [-0.39, 0.29) is 6.42 Å². The quantitative estimate of drug-likeness (QED) is 0.905. The van der Waals surface area contributed by atoms with E-state index in [2.05, 4.69) is 5.10 Å². The number of carbonyl (C=O) groups is 1. The molecule has 0 fully saturated rings. The first kappa shape index (κ1) is 11.7. The van der Waals surface area contributed by atoms with Gasteiger partial charge in [0.1, 0.15) is 0 Å². The number of aromatic nitrogens is 2. The number of hydrogen-bond donors (Lipinski definition) is 1. The fourth-order valence-corrected chi connectivity index (χ4v) is 1.71. The molecule has 1 aromatic carbocycles. The molecule has 4 nitrogen and oxygen atoms in total. The molecule has 0 saturated heterocycles. The van der Waals surface area contributed by atoms with Gasteiger partial charge in [-0.05, 0) is 11.1 Å². The standard InChI is InChI=1S/C12H11ClN2O2/c13-11-6-14-15(8-11)7-10-3-1-9(2-4-10)5-12(16)17/h1-4,6,8H,5,7H2,(H,16,17). The van der Waals surface area contributed by atoms with Crippen LogP contribution < -0.4 is 0 Å². The minimum atomic E-state index is -0.823. The summed E-state index contributed by atoms with van der Waals surface area (Å²) in [6.07, 6.45) is 3.38. The number of halogens is 1. The Hall–Kier alpha value is -1.81. The van der Waals surface area contributed by atoms with Crippen molar-refractivity contribution in [3.8, 4) is 0 Å². The molecular formula is C12H11ClN2O2. The van der Waals surface area contributed by atoms with Gasteiger partial charge < -0.3 is 5.11 Å². The molecule has 0 spiro atoms. The van der Waals surface area contributed by atoms with Gasteiger partial charge in [-0.1, -0.05) is 35.9 Å². The largest absolute Gasteiger partial charge is 0.481 e. The van der Waals surface area contributed by atoms with Crippen LogP contribution in [0.15, 0.2) is 36.7 Å². The van der Waals surface area contributed by atoms with E-state index in [1.807, 2.05) is 24.3 Å². The van der Waals surface area contributed by atoms with E-state index >= 15 is 0 Å². The second-order valence-corrected chi connectivity index (χ2v) is 4.18. The Morgan fingerprint density at radius 2 is 1.94 bits per heavy atom. The lowest BCUT2D eigenvalue weighted by Crippen LogP contribution is -2.02. The second kappa shape index (κ2) is 5.01. The molecule has 17 heavy (non-hydrogen) atoms. The molecule has 0 bridgehead atoms. The molecule has 0 radical (unpaired) electrons. The zero-order valence-electron chi connectivity index (χ0n) is 9.01. The van der Waals surface area contributed by atoms with Crippen molar-refractivity contribution in [3.63, 3.8) is 0 Å². The second-order valence-electron chi connectivity index (χ2n) is 3.74. The van der Waals surface area contributed by atoms with Crippen LogP contribution >= 0.6 is 11.6 Å². The number of carboxylic acid groups (broad SMARTS) is 1. The molecule has 88 valence electrons. The molecule has 0 amide bonds. The Kier molecular flexibility index (Phi) is 3.44. The first-order valence-corrected chi connectivity index (χ1v) is 5.49. The Bertz CT molecular complexity index is 520. The van der Waals surface area contributed by atoms with Gasteiger partial charge in [0.05, 0.1) is 24.2 Å². The summed E-state index contributed by atoms with van der Waals surface area (Å²) < 4.78 is 1.73. The van der Waals surface area contributed by atoms with Crippen LogP contribution in [0.2, 0.25) is 5.02 Å². The summed E-state index contributed by atoms with van der Waals surface area (Å²) in [5, 5.41) is 13.3. The van der Waals surface area contributed by atoms with E-state index in [4.69, 9.17) is 16.7 Å². The normalized spacial score (nSPS) is 10.4. The fourth-order valence-electron chi connectivity index (χ4n) is 1.55. The molecular weight excluding hydrogens is 240 g/mol. The average molecular weight is 251 g/mol. The van der Waals surface area contributed by atoms with Crippen LogP contribution in [-0.2, 0) is 17.8 Å². The minimum Gasteiger partial charge on any atom is -0.481 e. The monoisotopic (exact) mass is 250 g/mol. The summed E-state index contributed by atoms with van der Waals surface area (Å²) >= 11 is 5.76. The van der Waals surface area contributed by atoms with Gasteiger partial charge in [0.2, 0.25) is 0 Å². The first-order chi connectivity index (χ1) is 8.13. The Morgan fingerprint density at radius 3 is 2.47 bits per heavy atom. The highest BCUT2D eigenvalue weighted by atomic mass is 35.5. The van der Waals surface area contributed by atoms with E-state index < -0.39 is 5.97 Å². The summed E-state index contributed by atoms with van der Waals surface area (Å²) in [5.41, 5.74) is 1.85. The van der Waals surface area contributed by atoms with Crippen molar-refractivity contribution in [1.82, 2.24) is 9.78 Å². The maximum atomic E-state index is 10.5. The predicted molar refractivity (Wildman–Crippen MR) is 64.1 cm³/mol. The van der Waals surface area contributed by atoms with Crippen LogP contribution in [0.3, 0.4) is 0 Å². The van der Waals surface area contributed by atoms with Gasteiger partial charge in [-0.2, -0.15) is 5.10 Å². The summed E-state index contributed by atoms with van der Waals surface area (Å²) in [5.74, 6) is -0.823. The summed E-state index contributed by atoms with van der Waals surface area (Å²) in [4.78, 5) is 10.5. The fraction of sp³-hybridized carbons (Fsp3) is 0.167. The van der Waals surface area contributed by atoms with Crippen molar-refractivity contribution < 1.29 is 9.90 Å². The van der Waals surface area contributed by atoms with Crippen LogP contribution in [0, 0.1) is 0 Å². The van der Waals surface area contributed by atoms with Crippen LogP contribution in [0.25, 0.3) is 0 Å². The first-order valence-electron chi connectivity index (χ1n) is 5.11. The maximum absolute atomic E-state index is 10.5. The van der Waals surface area contributed by atoms with E-state index in [9.17, 15) is 4.79 Å². The molecule has 0 unspecified atom stereocenters. The average Bonchev–Trinajstić information content (AvgIpc) is 2.66. The van der Waals surface area contributed by atoms with Crippen molar-refractivity contribution in [1.29, 1.82) is 0 Å². The van der Waals surface area contributed by atoms with Gasteiger partial charge >= 0.3 is 5.97 Å². The number of aliphatic carboxylic acids is 1. The molecule has 5 heteroatoms. The van der Waals surface area contributed by atoms with Gasteiger partial charge in [-0.25, -0.2) is 0 Å². The zero-order chi connectivity index (χ0) is 12.3. The lowest BCUT2D eigenvalue weighted by Gasteiger charge is -2.03. The summed E-state index contributed by atoms with van der Waals surface area (Å²) in [6.45, 7) is 0.625. The van der Waals surface area contributed by atoms with Crippen LogP contribution in [0.4, 0.5) is 0 Å². The summed E-state index contributed by atoms with van der Waals surface area (Å²) in [7, 11) is 0. The predicted octanol–water partition coefficient (Wildman–Crippen LogP) is 2.21. The van der Waals surface area contributed by atoms with Crippen molar-refractivity contribution in [2.45, 2.75) is 13.0 Å². The molecule has 0 aliphatic carbocycles. The maximum Gasteiger partial charge on any atom is 0.307 e.